The van der Waals surface area contributed by atoms with Gasteiger partial charge in [-0.15, -0.1) is 0 Å². The molecule has 0 N–H and O–H groups in total. The Labute approximate surface area is 114 Å². The van der Waals surface area contributed by atoms with E-state index >= 15 is 0 Å². The van der Waals surface area contributed by atoms with E-state index in [0.29, 0.717) is 11.8 Å². The summed E-state index contributed by atoms with van der Waals surface area (Å²) in [6.45, 7) is 4.43. The van der Waals surface area contributed by atoms with Gasteiger partial charge in [-0.05, 0) is 31.5 Å². The predicted octanol–water partition coefficient (Wildman–Crippen LogP) is 2.51. The van der Waals surface area contributed by atoms with Gasteiger partial charge in [0.2, 0.25) is 0 Å². The molecule has 0 saturated carbocycles. The van der Waals surface area contributed by atoms with Crippen molar-refractivity contribution in [3.63, 3.8) is 0 Å². The van der Waals surface area contributed by atoms with E-state index in [1.807, 2.05) is 12.1 Å². The number of methoxy groups -OCH3 is 1. The van der Waals surface area contributed by atoms with Gasteiger partial charge in [-0.1, -0.05) is 6.42 Å². The highest BCUT2D eigenvalue weighted by atomic mass is 19.1. The van der Waals surface area contributed by atoms with E-state index in [2.05, 4.69) is 9.80 Å². The van der Waals surface area contributed by atoms with Gasteiger partial charge in [-0.25, -0.2) is 4.39 Å². The average Bonchev–Trinajstić information content (AvgIpc) is 2.47. The quantitative estimate of drug-likeness (QED) is 0.816. The number of anilines is 1. The Morgan fingerprint density at radius 2 is 2.11 bits per heavy atom. The van der Waals surface area contributed by atoms with Crippen molar-refractivity contribution in [2.24, 2.45) is 0 Å². The molecule has 0 spiro atoms. The molecule has 2 aliphatic heterocycles. The summed E-state index contributed by atoms with van der Waals surface area (Å²) in [4.78, 5) is 4.95. The van der Waals surface area contributed by atoms with E-state index in [9.17, 15) is 4.39 Å². The summed E-state index contributed by atoms with van der Waals surface area (Å²) in [5, 5.41) is 0. The van der Waals surface area contributed by atoms with E-state index < -0.39 is 0 Å². The largest absolute Gasteiger partial charge is 0.494 e. The van der Waals surface area contributed by atoms with E-state index in [-0.39, 0.29) is 5.82 Å². The van der Waals surface area contributed by atoms with Crippen molar-refractivity contribution >= 4 is 5.69 Å². The second kappa shape index (κ2) is 5.37. The van der Waals surface area contributed by atoms with Crippen LogP contribution in [0.15, 0.2) is 18.2 Å². The van der Waals surface area contributed by atoms with Gasteiger partial charge in [-0.2, -0.15) is 0 Å². The first kappa shape index (κ1) is 12.7. The molecular formula is C15H21FN2O. The minimum absolute atomic E-state index is 0.289. The molecule has 0 aliphatic carbocycles. The summed E-state index contributed by atoms with van der Waals surface area (Å²) >= 11 is 0. The van der Waals surface area contributed by atoms with Crippen molar-refractivity contribution in [1.29, 1.82) is 0 Å². The van der Waals surface area contributed by atoms with Gasteiger partial charge in [0.25, 0.3) is 0 Å². The summed E-state index contributed by atoms with van der Waals surface area (Å²) in [6, 6.07) is 5.84. The number of halogens is 1. The fourth-order valence-corrected chi connectivity index (χ4v) is 3.24. The molecule has 0 aromatic heterocycles. The monoisotopic (exact) mass is 264 g/mol. The zero-order valence-corrected chi connectivity index (χ0v) is 11.4. The molecule has 3 rings (SSSR count). The molecule has 1 aromatic rings. The Morgan fingerprint density at radius 1 is 1.21 bits per heavy atom. The maximum absolute atomic E-state index is 13.5. The lowest BCUT2D eigenvalue weighted by molar-refractivity contribution is 0.133. The van der Waals surface area contributed by atoms with Crippen LogP contribution in [0.5, 0.6) is 5.75 Å². The number of rotatable bonds is 2. The molecule has 1 aromatic carbocycles. The fraction of sp³-hybridized carbons (Fsp3) is 0.600. The van der Waals surface area contributed by atoms with Crippen LogP contribution in [0.2, 0.25) is 0 Å². The Morgan fingerprint density at radius 3 is 2.95 bits per heavy atom. The second-order valence-corrected chi connectivity index (χ2v) is 5.45. The molecule has 2 saturated heterocycles. The van der Waals surface area contributed by atoms with Gasteiger partial charge in [0.15, 0.2) is 11.6 Å². The molecule has 2 fully saturated rings. The predicted molar refractivity (Wildman–Crippen MR) is 74.4 cm³/mol. The van der Waals surface area contributed by atoms with Crippen molar-refractivity contribution < 1.29 is 9.13 Å². The van der Waals surface area contributed by atoms with Crippen LogP contribution in [-0.2, 0) is 0 Å². The molecule has 2 aliphatic rings. The normalized spacial score (nSPS) is 24.1. The molecule has 1 unspecified atom stereocenters. The molecule has 0 bridgehead atoms. The highest BCUT2D eigenvalue weighted by Crippen LogP contribution is 2.28. The van der Waals surface area contributed by atoms with Gasteiger partial charge in [0, 0.05) is 37.4 Å². The molecule has 2 heterocycles. The van der Waals surface area contributed by atoms with Crippen LogP contribution in [0, 0.1) is 5.82 Å². The molecule has 3 nitrogen and oxygen atoms in total. The number of piperidine rings is 1. The lowest BCUT2D eigenvalue weighted by Gasteiger charge is -2.45. The number of piperazine rings is 1. The van der Waals surface area contributed by atoms with Crippen LogP contribution < -0.4 is 9.64 Å². The third-order valence-electron chi connectivity index (χ3n) is 4.34. The topological polar surface area (TPSA) is 15.7 Å². The Balaban J connectivity index is 1.75. The Bertz CT molecular complexity index is 452. The van der Waals surface area contributed by atoms with Crippen LogP contribution in [0.4, 0.5) is 10.1 Å². The highest BCUT2D eigenvalue weighted by Gasteiger charge is 2.29. The van der Waals surface area contributed by atoms with Crippen molar-refractivity contribution in [3.05, 3.63) is 24.0 Å². The minimum atomic E-state index is -0.289. The van der Waals surface area contributed by atoms with Gasteiger partial charge >= 0.3 is 0 Å². The summed E-state index contributed by atoms with van der Waals surface area (Å²) in [7, 11) is 1.52. The third-order valence-corrected chi connectivity index (χ3v) is 4.34. The number of fused-ring (bicyclic) bond motifs is 1. The zero-order chi connectivity index (χ0) is 13.2. The zero-order valence-electron chi connectivity index (χ0n) is 11.4. The summed E-state index contributed by atoms with van der Waals surface area (Å²) in [5.74, 6) is 0.0473. The van der Waals surface area contributed by atoms with Gasteiger partial charge in [0.1, 0.15) is 0 Å². The van der Waals surface area contributed by atoms with Crippen LogP contribution in [-0.4, -0.2) is 44.2 Å². The minimum Gasteiger partial charge on any atom is -0.494 e. The van der Waals surface area contributed by atoms with Gasteiger partial charge < -0.3 is 9.64 Å². The van der Waals surface area contributed by atoms with Gasteiger partial charge in [0.05, 0.1) is 7.11 Å². The molecule has 104 valence electrons. The van der Waals surface area contributed by atoms with Crippen molar-refractivity contribution in [1.82, 2.24) is 4.90 Å². The number of benzene rings is 1. The van der Waals surface area contributed by atoms with Gasteiger partial charge in [-0.3, -0.25) is 4.90 Å². The van der Waals surface area contributed by atoms with Crippen LogP contribution in [0.25, 0.3) is 0 Å². The Hall–Kier alpha value is -1.29. The lowest BCUT2D eigenvalue weighted by atomic mass is 9.99. The van der Waals surface area contributed by atoms with Crippen LogP contribution in [0.1, 0.15) is 19.3 Å². The maximum atomic E-state index is 13.5. The number of ether oxygens (including phenoxy) is 1. The first-order valence-corrected chi connectivity index (χ1v) is 7.10. The molecule has 4 heteroatoms. The molecule has 1 atom stereocenters. The van der Waals surface area contributed by atoms with Crippen molar-refractivity contribution in [2.75, 3.05) is 38.2 Å². The fourth-order valence-electron chi connectivity index (χ4n) is 3.24. The summed E-state index contributed by atoms with van der Waals surface area (Å²) in [6.07, 6.45) is 3.96. The van der Waals surface area contributed by atoms with Crippen molar-refractivity contribution in [2.45, 2.75) is 25.3 Å². The van der Waals surface area contributed by atoms with E-state index in [1.54, 1.807) is 0 Å². The standard InChI is InChI=1S/C15H21FN2O/c1-19-15-10-12(5-6-14(15)16)18-9-8-17-7-3-2-4-13(17)11-18/h5-6,10,13H,2-4,7-9,11H2,1H3. The SMILES string of the molecule is COc1cc(N2CCN3CCCCC3C2)ccc1F. The van der Waals surface area contributed by atoms with E-state index in [4.69, 9.17) is 4.74 Å². The van der Waals surface area contributed by atoms with E-state index in [0.717, 1.165) is 25.3 Å². The number of hydrogen-bond acceptors (Lipinski definition) is 3. The first-order chi connectivity index (χ1) is 9.28. The summed E-state index contributed by atoms with van der Waals surface area (Å²) < 4.78 is 18.5. The average molecular weight is 264 g/mol. The molecular weight excluding hydrogens is 243 g/mol. The second-order valence-electron chi connectivity index (χ2n) is 5.45. The van der Waals surface area contributed by atoms with Crippen LogP contribution >= 0.6 is 0 Å². The maximum Gasteiger partial charge on any atom is 0.165 e. The molecule has 0 amide bonds. The number of nitrogens with zero attached hydrogens (tertiary/aromatic N) is 2. The van der Waals surface area contributed by atoms with Crippen molar-refractivity contribution in [3.8, 4) is 5.75 Å². The van der Waals surface area contributed by atoms with Crippen LogP contribution in [0.3, 0.4) is 0 Å². The molecule has 19 heavy (non-hydrogen) atoms. The first-order valence-electron chi connectivity index (χ1n) is 7.10. The summed E-state index contributed by atoms with van der Waals surface area (Å²) in [5.41, 5.74) is 1.07. The number of hydrogen-bond donors (Lipinski definition) is 0. The third kappa shape index (κ3) is 2.54. The highest BCUT2D eigenvalue weighted by molar-refractivity contribution is 5.52. The Kier molecular flexibility index (Phi) is 3.60. The molecule has 0 radical (unpaired) electrons. The smallest absolute Gasteiger partial charge is 0.165 e. The van der Waals surface area contributed by atoms with E-state index in [1.165, 1.54) is 39.0 Å². The lowest BCUT2D eigenvalue weighted by Crippen LogP contribution is -2.54.